The molecule has 0 radical (unpaired) electrons. The topological polar surface area (TPSA) is 70.5 Å². The third-order valence-electron chi connectivity index (χ3n) is 6.19. The van der Waals surface area contributed by atoms with Crippen molar-refractivity contribution in [2.75, 3.05) is 0 Å². The maximum atomic E-state index is 13.1. The number of fused-ring (bicyclic) bond motifs is 1. The smallest absolute Gasteiger partial charge is 0.295 e. The summed E-state index contributed by atoms with van der Waals surface area (Å²) in [7, 11) is 0. The second-order valence-corrected chi connectivity index (χ2v) is 7.96. The van der Waals surface area contributed by atoms with E-state index in [1.165, 1.54) is 0 Å². The molecule has 150 valence electrons. The van der Waals surface area contributed by atoms with Crippen LogP contribution in [-0.2, 0) is 9.59 Å². The number of likely N-dealkylation sites (tertiary alicyclic amines) is 1. The Morgan fingerprint density at radius 3 is 2.40 bits per heavy atom. The van der Waals surface area contributed by atoms with Gasteiger partial charge in [-0.1, -0.05) is 55.3 Å². The highest BCUT2D eigenvalue weighted by Crippen LogP contribution is 2.42. The Hall–Kier alpha value is -3.47. The molecule has 1 atom stereocenters. The van der Waals surface area contributed by atoms with Gasteiger partial charge in [-0.25, -0.2) is 0 Å². The zero-order valence-electron chi connectivity index (χ0n) is 16.5. The summed E-state index contributed by atoms with van der Waals surface area (Å²) in [6.45, 7) is 0. The van der Waals surface area contributed by atoms with Crippen molar-refractivity contribution in [1.29, 1.82) is 0 Å². The molecule has 1 saturated heterocycles. The number of carbonyl (C=O) groups excluding carboxylic acids is 2. The number of benzene rings is 2. The number of nitrogens with zero attached hydrogens (tertiary/aromatic N) is 2. The Bertz CT molecular complexity index is 1160. The van der Waals surface area contributed by atoms with E-state index in [-0.39, 0.29) is 17.4 Å². The number of ketones is 1. The fourth-order valence-corrected chi connectivity index (χ4v) is 4.73. The molecule has 5 nitrogen and oxygen atoms in total. The van der Waals surface area contributed by atoms with Gasteiger partial charge in [-0.15, -0.1) is 0 Å². The molecule has 5 heteroatoms. The second kappa shape index (κ2) is 7.41. The van der Waals surface area contributed by atoms with Crippen molar-refractivity contribution in [2.45, 2.75) is 37.8 Å². The van der Waals surface area contributed by atoms with Gasteiger partial charge in [0, 0.05) is 17.8 Å². The number of hydrogen-bond acceptors (Lipinski definition) is 4. The minimum absolute atomic E-state index is 0.00430. The van der Waals surface area contributed by atoms with Crippen molar-refractivity contribution >= 4 is 28.2 Å². The Labute approximate surface area is 174 Å². The number of rotatable bonds is 3. The van der Waals surface area contributed by atoms with Crippen LogP contribution >= 0.6 is 0 Å². The van der Waals surface area contributed by atoms with Crippen LogP contribution in [0.25, 0.3) is 16.5 Å². The Kier molecular flexibility index (Phi) is 4.58. The van der Waals surface area contributed by atoms with Crippen LogP contribution in [0.5, 0.6) is 0 Å². The van der Waals surface area contributed by atoms with Crippen LogP contribution in [0.15, 0.2) is 72.4 Å². The van der Waals surface area contributed by atoms with Crippen molar-refractivity contribution in [3.8, 4) is 0 Å². The van der Waals surface area contributed by atoms with Gasteiger partial charge in [0.25, 0.3) is 11.7 Å². The molecule has 1 unspecified atom stereocenters. The van der Waals surface area contributed by atoms with E-state index >= 15 is 0 Å². The lowest BCUT2D eigenvalue weighted by molar-refractivity contribution is -0.141. The normalized spacial score (nSPS) is 21.6. The molecule has 1 N–H and O–H groups in total. The minimum Gasteiger partial charge on any atom is -0.507 e. The summed E-state index contributed by atoms with van der Waals surface area (Å²) in [5.74, 6) is -1.32. The predicted octanol–water partition coefficient (Wildman–Crippen LogP) is 4.60. The highest BCUT2D eigenvalue weighted by Gasteiger charge is 2.49. The lowest BCUT2D eigenvalue weighted by atomic mass is 9.96. The van der Waals surface area contributed by atoms with Gasteiger partial charge in [-0.05, 0) is 41.8 Å². The number of aromatic nitrogens is 1. The Morgan fingerprint density at radius 1 is 0.933 bits per heavy atom. The summed E-state index contributed by atoms with van der Waals surface area (Å²) in [4.78, 5) is 32.2. The summed E-state index contributed by atoms with van der Waals surface area (Å²) in [6, 6.07) is 18.2. The van der Waals surface area contributed by atoms with Crippen LogP contribution in [0.2, 0.25) is 0 Å². The third kappa shape index (κ3) is 2.98. The van der Waals surface area contributed by atoms with Crippen molar-refractivity contribution in [3.05, 3.63) is 83.7 Å². The lowest BCUT2D eigenvalue weighted by Crippen LogP contribution is -2.37. The van der Waals surface area contributed by atoms with Crippen LogP contribution in [0.3, 0.4) is 0 Å². The summed E-state index contributed by atoms with van der Waals surface area (Å²) >= 11 is 0. The van der Waals surface area contributed by atoms with Gasteiger partial charge in [0.2, 0.25) is 0 Å². The molecule has 1 aromatic heterocycles. The molecule has 0 bridgehead atoms. The van der Waals surface area contributed by atoms with Gasteiger partial charge in [0.05, 0.1) is 11.3 Å². The number of aliphatic hydroxyl groups is 1. The first-order valence-electron chi connectivity index (χ1n) is 10.4. The van der Waals surface area contributed by atoms with E-state index in [0.717, 1.165) is 36.5 Å². The van der Waals surface area contributed by atoms with E-state index in [0.29, 0.717) is 11.3 Å². The van der Waals surface area contributed by atoms with Crippen LogP contribution in [-0.4, -0.2) is 32.7 Å². The molecule has 1 aliphatic carbocycles. The van der Waals surface area contributed by atoms with E-state index in [2.05, 4.69) is 4.98 Å². The van der Waals surface area contributed by atoms with Crippen molar-refractivity contribution in [2.24, 2.45) is 0 Å². The minimum atomic E-state index is -0.666. The molecule has 0 spiro atoms. The van der Waals surface area contributed by atoms with Crippen LogP contribution in [0, 0.1) is 0 Å². The van der Waals surface area contributed by atoms with Crippen molar-refractivity contribution in [1.82, 2.24) is 9.88 Å². The van der Waals surface area contributed by atoms with E-state index in [1.807, 2.05) is 48.5 Å². The van der Waals surface area contributed by atoms with Crippen molar-refractivity contribution in [3.63, 3.8) is 0 Å². The molecule has 1 amide bonds. The first-order valence-corrected chi connectivity index (χ1v) is 10.4. The molecule has 3 aromatic rings. The number of pyridine rings is 1. The SMILES string of the molecule is O=C1C(=O)N(C2CCCC2)C(c2ccccn2)/C1=C(/O)c1ccc2ccccc2c1. The quantitative estimate of drug-likeness (QED) is 0.398. The highest BCUT2D eigenvalue weighted by atomic mass is 16.3. The highest BCUT2D eigenvalue weighted by molar-refractivity contribution is 6.46. The zero-order chi connectivity index (χ0) is 20.7. The molecule has 1 saturated carbocycles. The molecular formula is C25H22N2O3. The monoisotopic (exact) mass is 398 g/mol. The number of aliphatic hydroxyl groups excluding tert-OH is 1. The maximum absolute atomic E-state index is 13.1. The third-order valence-corrected chi connectivity index (χ3v) is 6.19. The Balaban J connectivity index is 1.68. The van der Waals surface area contributed by atoms with Crippen molar-refractivity contribution < 1.29 is 14.7 Å². The van der Waals surface area contributed by atoms with Crippen LogP contribution < -0.4 is 0 Å². The van der Waals surface area contributed by atoms with Gasteiger partial charge in [-0.3, -0.25) is 14.6 Å². The number of amides is 1. The van der Waals surface area contributed by atoms with Gasteiger partial charge >= 0.3 is 0 Å². The fraction of sp³-hybridized carbons (Fsp3) is 0.240. The first-order chi connectivity index (χ1) is 14.6. The van der Waals surface area contributed by atoms with E-state index in [1.54, 1.807) is 23.2 Å². The largest absolute Gasteiger partial charge is 0.507 e. The van der Waals surface area contributed by atoms with Gasteiger partial charge in [0.15, 0.2) is 0 Å². The number of carbonyl (C=O) groups is 2. The summed E-state index contributed by atoms with van der Waals surface area (Å²) in [5, 5.41) is 13.2. The standard InChI is InChI=1S/C25H22N2O3/c28-23(18-13-12-16-7-1-2-8-17(16)15-18)21-22(20-11-5-6-14-26-20)27(25(30)24(21)29)19-9-3-4-10-19/h1-2,5-8,11-15,19,22,28H,3-4,9-10H2/b23-21-. The van der Waals surface area contributed by atoms with Gasteiger partial charge in [-0.2, -0.15) is 0 Å². The average Bonchev–Trinajstić information content (AvgIpc) is 3.40. The number of Topliss-reactive ketones (excluding diaryl/α,β-unsaturated/α-hetero) is 1. The zero-order valence-corrected chi connectivity index (χ0v) is 16.5. The second-order valence-electron chi connectivity index (χ2n) is 7.96. The summed E-state index contributed by atoms with van der Waals surface area (Å²) in [5.41, 5.74) is 1.26. The molecule has 2 heterocycles. The molecule has 2 aliphatic rings. The average molecular weight is 398 g/mol. The van der Waals surface area contributed by atoms with Gasteiger partial charge in [0.1, 0.15) is 11.8 Å². The Morgan fingerprint density at radius 2 is 1.67 bits per heavy atom. The van der Waals surface area contributed by atoms with Gasteiger partial charge < -0.3 is 10.0 Å². The molecule has 1 aliphatic heterocycles. The van der Waals surface area contributed by atoms with E-state index < -0.39 is 17.7 Å². The van der Waals surface area contributed by atoms with E-state index in [4.69, 9.17) is 0 Å². The molecule has 5 rings (SSSR count). The van der Waals surface area contributed by atoms with Crippen LogP contribution in [0.4, 0.5) is 0 Å². The molecular weight excluding hydrogens is 376 g/mol. The number of hydrogen-bond donors (Lipinski definition) is 1. The summed E-state index contributed by atoms with van der Waals surface area (Å²) < 4.78 is 0. The van der Waals surface area contributed by atoms with E-state index in [9.17, 15) is 14.7 Å². The molecule has 2 fully saturated rings. The fourth-order valence-electron chi connectivity index (χ4n) is 4.73. The first kappa shape index (κ1) is 18.6. The molecule has 30 heavy (non-hydrogen) atoms. The lowest BCUT2D eigenvalue weighted by Gasteiger charge is -2.30. The predicted molar refractivity (Wildman–Crippen MR) is 115 cm³/mol. The maximum Gasteiger partial charge on any atom is 0.295 e. The molecule has 2 aromatic carbocycles. The summed E-state index contributed by atoms with van der Waals surface area (Å²) in [6.07, 6.45) is 5.46. The van der Waals surface area contributed by atoms with Crippen LogP contribution in [0.1, 0.15) is 43.0 Å².